The molecule has 158 valence electrons. The fraction of sp³-hybridized carbons (Fsp3) is 0.0526. The van der Waals surface area contributed by atoms with E-state index in [0.29, 0.717) is 0 Å². The van der Waals surface area contributed by atoms with Crippen LogP contribution in [-0.2, 0) is 4.74 Å². The van der Waals surface area contributed by atoms with Crippen molar-refractivity contribution in [3.05, 3.63) is 81.1 Å². The van der Waals surface area contributed by atoms with Gasteiger partial charge in [0.15, 0.2) is 0 Å². The molecule has 0 aliphatic heterocycles. The number of nitrogens with one attached hydrogen (secondary N) is 2. The number of anilines is 1. The molecule has 3 aromatic rings. The Bertz CT molecular complexity index is 1140. The highest BCUT2D eigenvalue weighted by Gasteiger charge is 2.26. The van der Waals surface area contributed by atoms with E-state index in [1.807, 2.05) is 0 Å². The monoisotopic (exact) mass is 443 g/mol. The molecule has 2 aromatic carbocycles. The number of amides is 1. The molecule has 31 heavy (non-hydrogen) atoms. The molecule has 0 aliphatic carbocycles. The molecule has 1 heterocycles. The number of rotatable bonds is 7. The second-order valence-electron chi connectivity index (χ2n) is 5.81. The summed E-state index contributed by atoms with van der Waals surface area (Å²) in [6, 6.07) is 12.0. The van der Waals surface area contributed by atoms with Crippen molar-refractivity contribution in [1.82, 2.24) is 15.4 Å². The summed E-state index contributed by atoms with van der Waals surface area (Å²) in [5, 5.41) is 11.8. The Hall–Kier alpha value is -4.25. The van der Waals surface area contributed by atoms with Crippen LogP contribution in [0.5, 0.6) is 11.6 Å². The summed E-state index contributed by atoms with van der Waals surface area (Å²) >= 11 is 5.97. The highest BCUT2D eigenvalue weighted by atomic mass is 35.5. The number of methoxy groups -OCH3 is 1. The molecule has 12 heteroatoms. The highest BCUT2D eigenvalue weighted by molar-refractivity contribution is 6.33. The Morgan fingerprint density at radius 3 is 2.45 bits per heavy atom. The zero-order valence-electron chi connectivity index (χ0n) is 15.9. The fourth-order valence-corrected chi connectivity index (χ4v) is 2.63. The van der Waals surface area contributed by atoms with Gasteiger partial charge in [0.25, 0.3) is 5.91 Å². The van der Waals surface area contributed by atoms with Gasteiger partial charge in [-0.2, -0.15) is 4.98 Å². The number of nitrogens with zero attached hydrogens (tertiary/aromatic N) is 3. The van der Waals surface area contributed by atoms with Crippen LogP contribution in [0.15, 0.2) is 54.9 Å². The number of carbonyl (C=O) groups excluding carboxylic acids is 2. The van der Waals surface area contributed by atoms with Crippen molar-refractivity contribution in [2.75, 3.05) is 12.5 Å². The Balaban J connectivity index is 1.81. The van der Waals surface area contributed by atoms with Gasteiger partial charge >= 0.3 is 17.5 Å². The van der Waals surface area contributed by atoms with E-state index in [4.69, 9.17) is 16.3 Å². The van der Waals surface area contributed by atoms with Gasteiger partial charge < -0.3 is 9.47 Å². The number of ether oxygens (including phenoxy) is 2. The molecule has 0 atom stereocenters. The molecule has 11 nitrogen and oxygen atoms in total. The summed E-state index contributed by atoms with van der Waals surface area (Å²) in [6.07, 6.45) is 1.02. The third-order valence-corrected chi connectivity index (χ3v) is 4.20. The van der Waals surface area contributed by atoms with Gasteiger partial charge in [-0.15, -0.1) is 0 Å². The van der Waals surface area contributed by atoms with Gasteiger partial charge in [-0.25, -0.2) is 9.78 Å². The quantitative estimate of drug-likeness (QED) is 0.318. The van der Waals surface area contributed by atoms with Crippen molar-refractivity contribution in [3.63, 3.8) is 0 Å². The molecule has 0 aliphatic rings. The molecule has 0 radical (unpaired) electrons. The number of nitro groups is 1. The summed E-state index contributed by atoms with van der Waals surface area (Å²) in [7, 11) is 1.25. The molecule has 0 unspecified atom stereocenters. The molecule has 1 aromatic heterocycles. The standard InChI is InChI=1S/C19H14ClN5O6/c1-30-19(27)11-6-8-12(9-7-11)31-18-15(25(28)29)16(21-10-22-18)23-24-17(26)13-4-2-3-5-14(13)20/h2-10H,1H3,(H,24,26)(H,21,22,23). The van der Waals surface area contributed by atoms with Gasteiger partial charge in [0, 0.05) is 0 Å². The Kier molecular flexibility index (Phi) is 6.58. The average molecular weight is 444 g/mol. The van der Waals surface area contributed by atoms with E-state index < -0.39 is 22.5 Å². The first-order chi connectivity index (χ1) is 14.9. The molecule has 2 N–H and O–H groups in total. The van der Waals surface area contributed by atoms with E-state index in [-0.39, 0.29) is 33.6 Å². The molecule has 0 saturated carbocycles. The molecule has 0 spiro atoms. The van der Waals surface area contributed by atoms with Gasteiger partial charge in [0.1, 0.15) is 12.1 Å². The largest absolute Gasteiger partial charge is 0.465 e. The second kappa shape index (κ2) is 9.50. The minimum atomic E-state index is -0.762. The summed E-state index contributed by atoms with van der Waals surface area (Å²) < 4.78 is 10.1. The highest BCUT2D eigenvalue weighted by Crippen LogP contribution is 2.33. The molecule has 0 bridgehead atoms. The van der Waals surface area contributed by atoms with Crippen molar-refractivity contribution >= 4 is 35.0 Å². The van der Waals surface area contributed by atoms with Crippen LogP contribution in [0, 0.1) is 10.1 Å². The Morgan fingerprint density at radius 1 is 1.10 bits per heavy atom. The van der Waals surface area contributed by atoms with Crippen LogP contribution in [0.25, 0.3) is 0 Å². The van der Waals surface area contributed by atoms with E-state index in [2.05, 4.69) is 25.6 Å². The summed E-state index contributed by atoms with van der Waals surface area (Å²) in [5.74, 6) is -1.66. The number of carbonyl (C=O) groups is 2. The van der Waals surface area contributed by atoms with Gasteiger partial charge in [-0.1, -0.05) is 23.7 Å². The lowest BCUT2D eigenvalue weighted by molar-refractivity contribution is -0.385. The van der Waals surface area contributed by atoms with Gasteiger partial charge in [-0.3, -0.25) is 25.8 Å². The van der Waals surface area contributed by atoms with Crippen molar-refractivity contribution in [2.24, 2.45) is 0 Å². The Morgan fingerprint density at radius 2 is 1.81 bits per heavy atom. The number of hydrogen-bond donors (Lipinski definition) is 2. The van der Waals surface area contributed by atoms with E-state index in [1.165, 1.54) is 43.5 Å². The van der Waals surface area contributed by atoms with Crippen LogP contribution in [0.1, 0.15) is 20.7 Å². The lowest BCUT2D eigenvalue weighted by Gasteiger charge is -2.11. The van der Waals surface area contributed by atoms with Crippen LogP contribution in [0.4, 0.5) is 11.5 Å². The lowest BCUT2D eigenvalue weighted by atomic mass is 10.2. The summed E-state index contributed by atoms with van der Waals surface area (Å²) in [5.41, 5.74) is 4.50. The molecule has 1 amide bonds. The fourth-order valence-electron chi connectivity index (χ4n) is 2.41. The van der Waals surface area contributed by atoms with Crippen LogP contribution in [0.2, 0.25) is 5.02 Å². The van der Waals surface area contributed by atoms with Crippen molar-refractivity contribution in [1.29, 1.82) is 0 Å². The smallest absolute Gasteiger partial charge is 0.374 e. The lowest BCUT2D eigenvalue weighted by Crippen LogP contribution is -2.30. The number of hydrazine groups is 1. The maximum atomic E-state index is 12.3. The first-order valence-corrected chi connectivity index (χ1v) is 8.95. The maximum Gasteiger partial charge on any atom is 0.374 e. The van der Waals surface area contributed by atoms with Crippen LogP contribution < -0.4 is 15.6 Å². The summed E-state index contributed by atoms with van der Waals surface area (Å²) in [6.45, 7) is 0. The summed E-state index contributed by atoms with van der Waals surface area (Å²) in [4.78, 5) is 42.2. The number of halogens is 1. The zero-order valence-corrected chi connectivity index (χ0v) is 16.6. The second-order valence-corrected chi connectivity index (χ2v) is 6.22. The van der Waals surface area contributed by atoms with Crippen LogP contribution in [0.3, 0.4) is 0 Å². The topological polar surface area (TPSA) is 146 Å². The van der Waals surface area contributed by atoms with Crippen molar-refractivity contribution in [2.45, 2.75) is 0 Å². The normalized spacial score (nSPS) is 10.1. The van der Waals surface area contributed by atoms with Crippen molar-refractivity contribution in [3.8, 4) is 11.6 Å². The van der Waals surface area contributed by atoms with Crippen LogP contribution in [-0.4, -0.2) is 33.9 Å². The Labute approximate surface area is 180 Å². The third-order valence-electron chi connectivity index (χ3n) is 3.87. The molecule has 3 rings (SSSR count). The predicted octanol–water partition coefficient (Wildman–Crippen LogP) is 3.37. The van der Waals surface area contributed by atoms with Crippen molar-refractivity contribution < 1.29 is 24.0 Å². The van der Waals surface area contributed by atoms with Gasteiger partial charge in [0.2, 0.25) is 5.82 Å². The third kappa shape index (κ3) is 5.03. The van der Waals surface area contributed by atoms with Gasteiger partial charge in [-0.05, 0) is 36.4 Å². The van der Waals surface area contributed by atoms with E-state index in [1.54, 1.807) is 12.1 Å². The molecular weight excluding hydrogens is 430 g/mol. The molecule has 0 fully saturated rings. The zero-order chi connectivity index (χ0) is 22.4. The van der Waals surface area contributed by atoms with Gasteiger partial charge in [0.05, 0.1) is 28.2 Å². The van der Waals surface area contributed by atoms with E-state index in [0.717, 1.165) is 6.33 Å². The van der Waals surface area contributed by atoms with E-state index >= 15 is 0 Å². The number of aromatic nitrogens is 2. The molecule has 0 saturated heterocycles. The molecular formula is C19H14ClN5O6. The van der Waals surface area contributed by atoms with E-state index in [9.17, 15) is 19.7 Å². The SMILES string of the molecule is COC(=O)c1ccc(Oc2ncnc(NNC(=O)c3ccccc3Cl)c2[N+](=O)[O-])cc1. The first-order valence-electron chi connectivity index (χ1n) is 8.57. The number of benzene rings is 2. The predicted molar refractivity (Wildman–Crippen MR) is 109 cm³/mol. The number of esters is 1. The number of hydrogen-bond acceptors (Lipinski definition) is 9. The first kappa shape index (κ1) is 21.5. The average Bonchev–Trinajstić information content (AvgIpc) is 2.77. The minimum absolute atomic E-state index is 0.163. The minimum Gasteiger partial charge on any atom is -0.465 e. The maximum absolute atomic E-state index is 12.3. The van der Waals surface area contributed by atoms with Crippen LogP contribution >= 0.6 is 11.6 Å².